The van der Waals surface area contributed by atoms with Crippen LogP contribution in [0.5, 0.6) is 0 Å². The van der Waals surface area contributed by atoms with Gasteiger partial charge in [-0.25, -0.2) is 0 Å². The van der Waals surface area contributed by atoms with E-state index in [1.54, 1.807) is 0 Å². The molecule has 0 bridgehead atoms. The molecule has 2 heterocycles. The van der Waals surface area contributed by atoms with Crippen LogP contribution >= 0.6 is 11.3 Å². The van der Waals surface area contributed by atoms with Crippen molar-refractivity contribution in [3.8, 4) is 16.8 Å². The van der Waals surface area contributed by atoms with Gasteiger partial charge in [0.15, 0.2) is 0 Å². The Labute approximate surface area is 288 Å². The molecule has 0 N–H and O–H groups in total. The predicted octanol–water partition coefficient (Wildman–Crippen LogP) is 13.4. The largest absolute Gasteiger partial charge is 0.310 e. The molecule has 2 nitrogen and oxygen atoms in total. The highest BCUT2D eigenvalue weighted by atomic mass is 32.1. The first kappa shape index (κ1) is 27.9. The van der Waals surface area contributed by atoms with Crippen LogP contribution in [0.4, 0.5) is 17.1 Å². The van der Waals surface area contributed by atoms with Gasteiger partial charge < -0.3 is 9.47 Å². The number of fused-ring (bicyclic) bond motifs is 8. The first-order valence-corrected chi connectivity index (χ1v) is 17.5. The van der Waals surface area contributed by atoms with E-state index in [0.29, 0.717) is 0 Å². The second kappa shape index (κ2) is 11.2. The number of aromatic nitrogens is 1. The molecule has 0 aliphatic heterocycles. The maximum Gasteiger partial charge on any atom is 0.0562 e. The van der Waals surface area contributed by atoms with E-state index in [0.717, 1.165) is 22.7 Å². The molecule has 0 atom stereocenters. The Morgan fingerprint density at radius 2 is 1.00 bits per heavy atom. The average Bonchev–Trinajstić information content (AvgIpc) is 3.71. The Morgan fingerprint density at radius 3 is 1.82 bits per heavy atom. The summed E-state index contributed by atoms with van der Waals surface area (Å²) in [6.45, 7) is 0. The van der Waals surface area contributed by atoms with Gasteiger partial charge in [0.25, 0.3) is 0 Å². The minimum atomic E-state index is 1.12. The normalized spacial score (nSPS) is 11.7. The van der Waals surface area contributed by atoms with Crippen molar-refractivity contribution in [2.45, 2.75) is 0 Å². The van der Waals surface area contributed by atoms with Crippen molar-refractivity contribution < 1.29 is 0 Å². The van der Waals surface area contributed by atoms with E-state index >= 15 is 0 Å². The summed E-state index contributed by atoms with van der Waals surface area (Å²) in [6.07, 6.45) is 0. The zero-order chi connectivity index (χ0) is 32.3. The fourth-order valence-corrected chi connectivity index (χ4v) is 8.64. The van der Waals surface area contributed by atoms with Gasteiger partial charge in [0.1, 0.15) is 0 Å². The van der Waals surface area contributed by atoms with E-state index < -0.39 is 0 Å². The molecule has 230 valence electrons. The molecule has 8 aromatic carbocycles. The van der Waals surface area contributed by atoms with Gasteiger partial charge in [0, 0.05) is 53.7 Å². The Morgan fingerprint density at radius 1 is 0.388 bits per heavy atom. The molecule has 0 unspecified atom stereocenters. The van der Waals surface area contributed by atoms with E-state index in [2.05, 4.69) is 191 Å². The monoisotopic (exact) mass is 642 g/mol. The van der Waals surface area contributed by atoms with Crippen molar-refractivity contribution in [3.63, 3.8) is 0 Å². The van der Waals surface area contributed by atoms with E-state index in [1.165, 1.54) is 63.9 Å². The Bertz CT molecular complexity index is 2810. The first-order valence-electron chi connectivity index (χ1n) is 16.7. The van der Waals surface area contributed by atoms with Crippen LogP contribution in [-0.4, -0.2) is 4.57 Å². The van der Waals surface area contributed by atoms with Crippen LogP contribution in [0.25, 0.3) is 69.6 Å². The smallest absolute Gasteiger partial charge is 0.0562 e. The average molecular weight is 643 g/mol. The lowest BCUT2D eigenvalue weighted by Crippen LogP contribution is -2.10. The number of para-hydroxylation sites is 1. The van der Waals surface area contributed by atoms with Crippen LogP contribution < -0.4 is 4.90 Å². The van der Waals surface area contributed by atoms with Gasteiger partial charge in [-0.05, 0) is 82.6 Å². The molecule has 3 heteroatoms. The molecule has 0 saturated heterocycles. The van der Waals surface area contributed by atoms with Gasteiger partial charge in [-0.2, -0.15) is 0 Å². The summed E-state index contributed by atoms with van der Waals surface area (Å²) < 4.78 is 5.02. The summed E-state index contributed by atoms with van der Waals surface area (Å²) in [6, 6.07) is 66.2. The van der Waals surface area contributed by atoms with Crippen LogP contribution in [-0.2, 0) is 0 Å². The predicted molar refractivity (Wildman–Crippen MR) is 211 cm³/mol. The van der Waals surface area contributed by atoms with Gasteiger partial charge in [-0.15, -0.1) is 11.3 Å². The van der Waals surface area contributed by atoms with Crippen molar-refractivity contribution in [1.82, 2.24) is 4.57 Å². The molecule has 2 aromatic heterocycles. The molecular weight excluding hydrogens is 613 g/mol. The Kier molecular flexibility index (Phi) is 6.39. The second-order valence-corrected chi connectivity index (χ2v) is 13.7. The van der Waals surface area contributed by atoms with Crippen molar-refractivity contribution in [2.75, 3.05) is 4.90 Å². The molecule has 0 amide bonds. The van der Waals surface area contributed by atoms with Crippen LogP contribution in [0, 0.1) is 0 Å². The molecule has 0 aliphatic carbocycles. The maximum absolute atomic E-state index is 2.42. The molecule has 10 rings (SSSR count). The fourth-order valence-electron chi connectivity index (χ4n) is 7.50. The highest BCUT2D eigenvalue weighted by Crippen LogP contribution is 2.44. The minimum absolute atomic E-state index is 1.12. The topological polar surface area (TPSA) is 8.17 Å². The van der Waals surface area contributed by atoms with Gasteiger partial charge in [0.2, 0.25) is 0 Å². The van der Waals surface area contributed by atoms with Crippen LogP contribution in [0.2, 0.25) is 0 Å². The third-order valence-corrected chi connectivity index (χ3v) is 10.9. The number of nitrogens with zero attached hydrogens (tertiary/aromatic N) is 2. The summed E-state index contributed by atoms with van der Waals surface area (Å²) in [5.41, 5.74) is 9.34. The molecule has 0 aliphatic rings. The molecule has 0 saturated carbocycles. The Balaban J connectivity index is 1.22. The maximum atomic E-state index is 2.42. The van der Waals surface area contributed by atoms with Crippen molar-refractivity contribution >= 4 is 81.1 Å². The Hall–Kier alpha value is -6.16. The summed E-state index contributed by atoms with van der Waals surface area (Å²) in [5.74, 6) is 0. The summed E-state index contributed by atoms with van der Waals surface area (Å²) >= 11 is 1.86. The van der Waals surface area contributed by atoms with Gasteiger partial charge in [-0.1, -0.05) is 121 Å². The molecule has 0 spiro atoms. The lowest BCUT2D eigenvalue weighted by atomic mass is 10.0. The zero-order valence-corrected chi connectivity index (χ0v) is 27.4. The number of hydrogen-bond acceptors (Lipinski definition) is 2. The van der Waals surface area contributed by atoms with Gasteiger partial charge >= 0.3 is 0 Å². The summed E-state index contributed by atoms with van der Waals surface area (Å²) in [7, 11) is 0. The lowest BCUT2D eigenvalue weighted by Gasteiger charge is -2.26. The number of benzene rings is 8. The van der Waals surface area contributed by atoms with E-state index in [4.69, 9.17) is 0 Å². The molecule has 0 fully saturated rings. The molecule has 49 heavy (non-hydrogen) atoms. The molecule has 10 aromatic rings. The lowest BCUT2D eigenvalue weighted by molar-refractivity contribution is 1.18. The first-order chi connectivity index (χ1) is 24.3. The van der Waals surface area contributed by atoms with Crippen molar-refractivity contribution in [3.05, 3.63) is 182 Å². The number of hydrogen-bond donors (Lipinski definition) is 0. The number of thiophene rings is 1. The highest BCUT2D eigenvalue weighted by Gasteiger charge is 2.20. The van der Waals surface area contributed by atoms with Crippen molar-refractivity contribution in [1.29, 1.82) is 0 Å². The van der Waals surface area contributed by atoms with Crippen molar-refractivity contribution in [2.24, 2.45) is 0 Å². The summed E-state index contributed by atoms with van der Waals surface area (Å²) in [4.78, 5) is 2.41. The zero-order valence-electron chi connectivity index (χ0n) is 26.6. The van der Waals surface area contributed by atoms with E-state index in [-0.39, 0.29) is 0 Å². The number of anilines is 3. The third-order valence-electron chi connectivity index (χ3n) is 9.77. The second-order valence-electron chi connectivity index (χ2n) is 12.6. The van der Waals surface area contributed by atoms with Crippen LogP contribution in [0.15, 0.2) is 182 Å². The SMILES string of the molecule is c1ccc(-c2ccc(N(c3ccc4c(c3)sc3ccccc34)c3ccc4c5c6ccccc6ccc5n(-c5ccccc5)c4c3)cc2)cc1. The molecule has 0 radical (unpaired) electrons. The molecular formula is C46H30N2S. The van der Waals surface area contributed by atoms with Crippen LogP contribution in [0.1, 0.15) is 0 Å². The quantitative estimate of drug-likeness (QED) is 0.181. The third kappa shape index (κ3) is 4.55. The minimum Gasteiger partial charge on any atom is -0.310 e. The highest BCUT2D eigenvalue weighted by molar-refractivity contribution is 7.25. The fraction of sp³-hybridized carbons (Fsp3) is 0. The van der Waals surface area contributed by atoms with Gasteiger partial charge in [-0.3, -0.25) is 0 Å². The van der Waals surface area contributed by atoms with Crippen LogP contribution in [0.3, 0.4) is 0 Å². The number of rotatable bonds is 5. The standard InChI is InChI=1S/C46H30N2S/c1-3-11-31(12-4-1)32-19-22-35(23-20-32)47(37-24-26-40-39-17-9-10-18-44(39)49-45(40)30-37)36-25-27-41-43(29-36)48(34-14-5-2-6-15-34)42-28-21-33-13-7-8-16-38(33)46(41)42/h1-30H. The van der Waals surface area contributed by atoms with Gasteiger partial charge in [0.05, 0.1) is 11.0 Å². The van der Waals surface area contributed by atoms with E-state index in [1.807, 2.05) is 11.3 Å². The summed E-state index contributed by atoms with van der Waals surface area (Å²) in [5, 5.41) is 7.68. The van der Waals surface area contributed by atoms with E-state index in [9.17, 15) is 0 Å².